The van der Waals surface area contributed by atoms with Gasteiger partial charge in [0.15, 0.2) is 5.82 Å². The fourth-order valence-electron chi connectivity index (χ4n) is 6.61. The van der Waals surface area contributed by atoms with Crippen LogP contribution in [0.3, 0.4) is 0 Å². The lowest BCUT2D eigenvalue weighted by Gasteiger charge is -2.12. The van der Waals surface area contributed by atoms with Gasteiger partial charge in [0.05, 0.1) is 22.4 Å². The minimum atomic E-state index is 0.701. The van der Waals surface area contributed by atoms with E-state index in [1.54, 1.807) is 0 Å². The molecular formula is C43H28N4. The number of rotatable bonds is 5. The first-order valence-electron chi connectivity index (χ1n) is 15.8. The fraction of sp³-hybridized carbons (Fsp3) is 0. The molecule has 4 nitrogen and oxygen atoms in total. The van der Waals surface area contributed by atoms with Crippen LogP contribution in [0.4, 0.5) is 0 Å². The Labute approximate surface area is 272 Å². The van der Waals surface area contributed by atoms with E-state index in [2.05, 4.69) is 143 Å². The van der Waals surface area contributed by atoms with Crippen LogP contribution >= 0.6 is 0 Å². The highest BCUT2D eigenvalue weighted by Gasteiger charge is 2.14. The Hall–Kier alpha value is -6.39. The van der Waals surface area contributed by atoms with E-state index < -0.39 is 0 Å². The van der Waals surface area contributed by atoms with E-state index in [1.165, 1.54) is 27.2 Å². The average Bonchev–Trinajstić information content (AvgIpc) is 3.49. The van der Waals surface area contributed by atoms with Crippen molar-refractivity contribution in [1.29, 1.82) is 0 Å². The lowest BCUT2D eigenvalue weighted by atomic mass is 9.99. The van der Waals surface area contributed by atoms with E-state index in [4.69, 9.17) is 9.97 Å². The van der Waals surface area contributed by atoms with Gasteiger partial charge in [-0.05, 0) is 41.3 Å². The predicted molar refractivity (Wildman–Crippen MR) is 193 cm³/mol. The maximum atomic E-state index is 5.06. The molecule has 220 valence electrons. The summed E-state index contributed by atoms with van der Waals surface area (Å²) in [6.07, 6.45) is 3.85. The second-order valence-corrected chi connectivity index (χ2v) is 11.7. The van der Waals surface area contributed by atoms with Crippen LogP contribution in [0.15, 0.2) is 170 Å². The molecule has 0 N–H and O–H groups in total. The number of hydrogen-bond donors (Lipinski definition) is 0. The molecule has 0 aliphatic heterocycles. The Morgan fingerprint density at radius 1 is 0.404 bits per heavy atom. The lowest BCUT2D eigenvalue weighted by Crippen LogP contribution is -1.97. The number of benzene rings is 6. The van der Waals surface area contributed by atoms with Crippen LogP contribution in [0.25, 0.3) is 83.3 Å². The summed E-state index contributed by atoms with van der Waals surface area (Å²) in [5, 5.41) is 4.83. The number of pyridine rings is 1. The van der Waals surface area contributed by atoms with E-state index in [0.717, 1.165) is 50.3 Å². The maximum absolute atomic E-state index is 5.06. The summed E-state index contributed by atoms with van der Waals surface area (Å²) in [5.74, 6) is 0.701. The highest BCUT2D eigenvalue weighted by atomic mass is 15.0. The quantitative estimate of drug-likeness (QED) is 0.197. The molecule has 0 unspecified atom stereocenters. The van der Waals surface area contributed by atoms with Gasteiger partial charge in [0.25, 0.3) is 0 Å². The Bertz CT molecular complexity index is 2490. The first kappa shape index (κ1) is 27.0. The number of nitrogens with zero attached hydrogens (tertiary/aromatic N) is 4. The Morgan fingerprint density at radius 2 is 0.936 bits per heavy atom. The summed E-state index contributed by atoms with van der Waals surface area (Å²) in [7, 11) is 0. The third-order valence-electron chi connectivity index (χ3n) is 8.92. The van der Waals surface area contributed by atoms with Gasteiger partial charge in [0.2, 0.25) is 0 Å². The molecule has 9 aromatic rings. The third kappa shape index (κ3) is 4.75. The largest absolute Gasteiger partial charge is 0.309 e. The Kier molecular flexibility index (Phi) is 6.43. The zero-order valence-corrected chi connectivity index (χ0v) is 25.5. The third-order valence-corrected chi connectivity index (χ3v) is 8.92. The van der Waals surface area contributed by atoms with Crippen molar-refractivity contribution in [3.8, 4) is 50.7 Å². The Morgan fingerprint density at radius 3 is 1.60 bits per heavy atom. The zero-order valence-electron chi connectivity index (χ0n) is 25.5. The van der Waals surface area contributed by atoms with E-state index in [0.29, 0.717) is 5.82 Å². The molecule has 0 radical (unpaired) electrons. The molecule has 0 saturated heterocycles. The van der Waals surface area contributed by atoms with Gasteiger partial charge in [0.1, 0.15) is 0 Å². The molecule has 0 amide bonds. The van der Waals surface area contributed by atoms with Gasteiger partial charge < -0.3 is 4.57 Å². The summed E-state index contributed by atoms with van der Waals surface area (Å²) in [5.41, 5.74) is 10.5. The number of hydrogen-bond acceptors (Lipinski definition) is 3. The van der Waals surface area contributed by atoms with Crippen LogP contribution < -0.4 is 0 Å². The van der Waals surface area contributed by atoms with Gasteiger partial charge in [-0.15, -0.1) is 0 Å². The molecule has 3 aromatic heterocycles. The molecule has 0 aliphatic rings. The SMILES string of the molecule is c1ccc(-c2nc(-c3ccc(-c4cncc5ccccc45)cc3)cc(-c3ccc(-n4c5ccccc5c5ccccc54)cc3)n2)cc1. The molecule has 0 bridgehead atoms. The molecule has 6 aromatic carbocycles. The molecule has 3 heterocycles. The minimum absolute atomic E-state index is 0.701. The smallest absolute Gasteiger partial charge is 0.160 e. The maximum Gasteiger partial charge on any atom is 0.160 e. The predicted octanol–water partition coefficient (Wildman–Crippen LogP) is 10.8. The highest BCUT2D eigenvalue weighted by molar-refractivity contribution is 6.09. The fourth-order valence-corrected chi connectivity index (χ4v) is 6.61. The normalized spacial score (nSPS) is 11.4. The first-order valence-corrected chi connectivity index (χ1v) is 15.8. The number of fused-ring (bicyclic) bond motifs is 4. The molecule has 0 spiro atoms. The summed E-state index contributed by atoms with van der Waals surface area (Å²) >= 11 is 0. The minimum Gasteiger partial charge on any atom is -0.309 e. The van der Waals surface area contributed by atoms with Gasteiger partial charge >= 0.3 is 0 Å². The average molecular weight is 601 g/mol. The van der Waals surface area contributed by atoms with Crippen molar-refractivity contribution < 1.29 is 0 Å². The Balaban J connectivity index is 1.13. The summed E-state index contributed by atoms with van der Waals surface area (Å²) in [6.45, 7) is 0. The van der Waals surface area contributed by atoms with Crippen LogP contribution in [0.5, 0.6) is 0 Å². The van der Waals surface area contributed by atoms with Crippen molar-refractivity contribution in [1.82, 2.24) is 19.5 Å². The van der Waals surface area contributed by atoms with E-state index in [-0.39, 0.29) is 0 Å². The van der Waals surface area contributed by atoms with Gasteiger partial charge in [-0.2, -0.15) is 0 Å². The summed E-state index contributed by atoms with van der Waals surface area (Å²) in [4.78, 5) is 14.6. The van der Waals surface area contributed by atoms with E-state index >= 15 is 0 Å². The summed E-state index contributed by atoms with van der Waals surface area (Å²) in [6, 6.07) is 55.1. The molecule has 4 heteroatoms. The van der Waals surface area contributed by atoms with Gasteiger partial charge in [-0.1, -0.05) is 127 Å². The second kappa shape index (κ2) is 11.2. The molecule has 0 atom stereocenters. The molecule has 47 heavy (non-hydrogen) atoms. The molecule has 9 rings (SSSR count). The summed E-state index contributed by atoms with van der Waals surface area (Å²) < 4.78 is 2.34. The van der Waals surface area contributed by atoms with Crippen LogP contribution in [-0.2, 0) is 0 Å². The van der Waals surface area contributed by atoms with Gasteiger partial charge in [-0.25, -0.2) is 9.97 Å². The van der Waals surface area contributed by atoms with Gasteiger partial charge in [-0.3, -0.25) is 4.98 Å². The van der Waals surface area contributed by atoms with E-state index in [9.17, 15) is 0 Å². The molecule has 0 aliphatic carbocycles. The van der Waals surface area contributed by atoms with Crippen molar-refractivity contribution >= 4 is 32.6 Å². The topological polar surface area (TPSA) is 43.6 Å². The van der Waals surface area contributed by atoms with Gasteiger partial charge in [0, 0.05) is 56.5 Å². The molecule has 0 fully saturated rings. The van der Waals surface area contributed by atoms with Crippen molar-refractivity contribution in [2.24, 2.45) is 0 Å². The number of aromatic nitrogens is 4. The molecule has 0 saturated carbocycles. The van der Waals surface area contributed by atoms with Crippen LogP contribution in [0.1, 0.15) is 0 Å². The standard InChI is InChI=1S/C43H28N4/c1-2-10-32(11-3-1)43-45-39(30-20-18-29(19-21-30)38-28-44-27-33-12-4-5-13-35(33)38)26-40(46-43)31-22-24-34(25-23-31)47-41-16-8-6-14-36(41)37-15-7-9-17-42(37)47/h1-28H. The van der Waals surface area contributed by atoms with Crippen molar-refractivity contribution in [3.05, 3.63) is 170 Å². The van der Waals surface area contributed by atoms with Crippen molar-refractivity contribution in [2.75, 3.05) is 0 Å². The first-order chi connectivity index (χ1) is 23.3. The second-order valence-electron chi connectivity index (χ2n) is 11.7. The van der Waals surface area contributed by atoms with Crippen molar-refractivity contribution in [2.45, 2.75) is 0 Å². The van der Waals surface area contributed by atoms with Crippen molar-refractivity contribution in [3.63, 3.8) is 0 Å². The molecular weight excluding hydrogens is 573 g/mol. The van der Waals surface area contributed by atoms with Crippen LogP contribution in [0.2, 0.25) is 0 Å². The van der Waals surface area contributed by atoms with Crippen LogP contribution in [0, 0.1) is 0 Å². The van der Waals surface area contributed by atoms with Crippen LogP contribution in [-0.4, -0.2) is 19.5 Å². The lowest BCUT2D eigenvalue weighted by molar-refractivity contribution is 1.17. The highest BCUT2D eigenvalue weighted by Crippen LogP contribution is 2.34. The number of para-hydroxylation sites is 2. The van der Waals surface area contributed by atoms with E-state index in [1.807, 2.05) is 36.7 Å². The monoisotopic (exact) mass is 600 g/mol. The zero-order chi connectivity index (χ0) is 31.2.